The minimum atomic E-state index is -0.397. The molecule has 0 aliphatic rings. The van der Waals surface area contributed by atoms with Gasteiger partial charge in [0.25, 0.3) is 0 Å². The second-order valence-electron chi connectivity index (χ2n) is 4.36. The SMILES string of the molecule is COc1cc(CCC[SiH](C)C)ccc1N. The molecule has 1 rings (SSSR count). The molecule has 3 heteroatoms. The summed E-state index contributed by atoms with van der Waals surface area (Å²) in [5.74, 6) is 0.800. The Balaban J connectivity index is 2.54. The summed E-state index contributed by atoms with van der Waals surface area (Å²) in [5, 5.41) is 0. The molecule has 0 atom stereocenters. The van der Waals surface area contributed by atoms with Gasteiger partial charge in [-0.05, 0) is 24.1 Å². The molecule has 0 radical (unpaired) electrons. The Morgan fingerprint density at radius 2 is 2.07 bits per heavy atom. The second-order valence-corrected chi connectivity index (χ2v) is 7.73. The first-order valence-electron chi connectivity index (χ1n) is 5.56. The Morgan fingerprint density at radius 1 is 1.33 bits per heavy atom. The second kappa shape index (κ2) is 5.81. The number of ether oxygens (including phenoxy) is 1. The van der Waals surface area contributed by atoms with Crippen LogP contribution in [0.5, 0.6) is 5.75 Å². The van der Waals surface area contributed by atoms with E-state index in [-0.39, 0.29) is 0 Å². The maximum absolute atomic E-state index is 5.76. The average Bonchev–Trinajstić information content (AvgIpc) is 2.20. The van der Waals surface area contributed by atoms with Crippen LogP contribution in [0, 0.1) is 0 Å². The molecule has 0 aliphatic carbocycles. The van der Waals surface area contributed by atoms with Gasteiger partial charge in [0.1, 0.15) is 5.75 Å². The molecule has 0 spiro atoms. The first-order chi connectivity index (χ1) is 7.13. The van der Waals surface area contributed by atoms with Crippen LogP contribution in [0.2, 0.25) is 19.1 Å². The number of nitrogens with two attached hydrogens (primary N) is 1. The standard InChI is InChI=1S/C12H21NOSi/c1-14-12-9-10(6-7-11(12)13)5-4-8-15(2)3/h6-7,9,15H,4-5,8,13H2,1-3H3. The minimum absolute atomic E-state index is 0.397. The molecule has 0 saturated carbocycles. The van der Waals surface area contributed by atoms with Crippen molar-refractivity contribution in [2.75, 3.05) is 12.8 Å². The van der Waals surface area contributed by atoms with E-state index in [4.69, 9.17) is 10.5 Å². The smallest absolute Gasteiger partial charge is 0.142 e. The summed E-state index contributed by atoms with van der Waals surface area (Å²) in [5.41, 5.74) is 7.81. The first-order valence-corrected chi connectivity index (χ1v) is 8.68. The quantitative estimate of drug-likeness (QED) is 0.615. The van der Waals surface area contributed by atoms with Crippen molar-refractivity contribution in [2.45, 2.75) is 32.0 Å². The molecular formula is C12H21NOSi. The maximum atomic E-state index is 5.76. The Hall–Kier alpha value is -0.963. The summed E-state index contributed by atoms with van der Waals surface area (Å²) < 4.78 is 5.20. The molecule has 2 nitrogen and oxygen atoms in total. The van der Waals surface area contributed by atoms with E-state index in [2.05, 4.69) is 25.2 Å². The van der Waals surface area contributed by atoms with Crippen LogP contribution in [0.1, 0.15) is 12.0 Å². The highest BCUT2D eigenvalue weighted by Gasteiger charge is 2.02. The zero-order valence-electron chi connectivity index (χ0n) is 9.92. The van der Waals surface area contributed by atoms with Crippen molar-refractivity contribution in [3.63, 3.8) is 0 Å². The first kappa shape index (κ1) is 12.1. The van der Waals surface area contributed by atoms with E-state index >= 15 is 0 Å². The summed E-state index contributed by atoms with van der Waals surface area (Å²) in [4.78, 5) is 0. The van der Waals surface area contributed by atoms with Crippen molar-refractivity contribution in [1.82, 2.24) is 0 Å². The van der Waals surface area contributed by atoms with Gasteiger partial charge in [0, 0.05) is 8.80 Å². The van der Waals surface area contributed by atoms with Crippen molar-refractivity contribution in [3.8, 4) is 5.75 Å². The molecule has 0 unspecified atom stereocenters. The van der Waals surface area contributed by atoms with Gasteiger partial charge in [-0.15, -0.1) is 0 Å². The van der Waals surface area contributed by atoms with Crippen LogP contribution in [-0.2, 0) is 6.42 Å². The number of methoxy groups -OCH3 is 1. The van der Waals surface area contributed by atoms with E-state index in [1.54, 1.807) is 7.11 Å². The van der Waals surface area contributed by atoms with Crippen molar-refractivity contribution in [3.05, 3.63) is 23.8 Å². The van der Waals surface area contributed by atoms with Gasteiger partial charge in [0.05, 0.1) is 12.8 Å². The molecule has 0 saturated heterocycles. The van der Waals surface area contributed by atoms with Crippen molar-refractivity contribution < 1.29 is 4.74 Å². The van der Waals surface area contributed by atoms with E-state index in [9.17, 15) is 0 Å². The largest absolute Gasteiger partial charge is 0.495 e. The van der Waals surface area contributed by atoms with Gasteiger partial charge in [0.2, 0.25) is 0 Å². The third-order valence-electron chi connectivity index (χ3n) is 2.54. The van der Waals surface area contributed by atoms with Gasteiger partial charge < -0.3 is 10.5 Å². The van der Waals surface area contributed by atoms with Crippen molar-refractivity contribution in [2.24, 2.45) is 0 Å². The zero-order valence-corrected chi connectivity index (χ0v) is 11.1. The van der Waals surface area contributed by atoms with Gasteiger partial charge in [-0.1, -0.05) is 31.6 Å². The molecule has 0 heterocycles. The number of anilines is 1. The van der Waals surface area contributed by atoms with Crippen LogP contribution in [-0.4, -0.2) is 15.9 Å². The molecule has 15 heavy (non-hydrogen) atoms. The molecule has 0 fully saturated rings. The van der Waals surface area contributed by atoms with Crippen LogP contribution in [0.3, 0.4) is 0 Å². The predicted octanol–water partition coefficient (Wildman–Crippen LogP) is 2.70. The number of hydrogen-bond donors (Lipinski definition) is 1. The number of nitrogen functional groups attached to an aromatic ring is 1. The fraction of sp³-hybridized carbons (Fsp3) is 0.500. The van der Waals surface area contributed by atoms with Gasteiger partial charge in [-0.25, -0.2) is 0 Å². The number of aryl methyl sites for hydroxylation is 1. The normalized spacial score (nSPS) is 10.7. The third kappa shape index (κ3) is 3.96. The fourth-order valence-corrected chi connectivity index (χ4v) is 2.65. The van der Waals surface area contributed by atoms with Gasteiger partial charge in [0.15, 0.2) is 0 Å². The fourth-order valence-electron chi connectivity index (χ4n) is 1.63. The molecule has 0 amide bonds. The lowest BCUT2D eigenvalue weighted by Gasteiger charge is -2.08. The summed E-state index contributed by atoms with van der Waals surface area (Å²) in [6.07, 6.45) is 2.43. The van der Waals surface area contributed by atoms with Crippen LogP contribution < -0.4 is 10.5 Å². The van der Waals surface area contributed by atoms with E-state index < -0.39 is 8.80 Å². The number of rotatable bonds is 5. The third-order valence-corrected chi connectivity index (χ3v) is 4.11. The van der Waals surface area contributed by atoms with Crippen molar-refractivity contribution in [1.29, 1.82) is 0 Å². The highest BCUT2D eigenvalue weighted by Crippen LogP contribution is 2.23. The number of hydrogen-bond acceptors (Lipinski definition) is 2. The summed E-state index contributed by atoms with van der Waals surface area (Å²) in [6, 6.07) is 7.49. The van der Waals surface area contributed by atoms with Crippen molar-refractivity contribution >= 4 is 14.5 Å². The van der Waals surface area contributed by atoms with Crippen LogP contribution >= 0.6 is 0 Å². The topological polar surface area (TPSA) is 35.2 Å². The molecule has 1 aromatic carbocycles. The maximum Gasteiger partial charge on any atom is 0.142 e. The Kier molecular flexibility index (Phi) is 4.69. The van der Waals surface area contributed by atoms with Crippen LogP contribution in [0.15, 0.2) is 18.2 Å². The average molecular weight is 223 g/mol. The summed E-state index contributed by atoms with van der Waals surface area (Å²) in [7, 11) is 1.27. The number of benzene rings is 1. The highest BCUT2D eigenvalue weighted by atomic mass is 28.3. The Morgan fingerprint density at radius 3 is 2.67 bits per heavy atom. The molecule has 0 bridgehead atoms. The Labute approximate surface area is 94.1 Å². The Bertz CT molecular complexity index is 312. The summed E-state index contributed by atoms with van der Waals surface area (Å²) in [6.45, 7) is 4.78. The van der Waals surface area contributed by atoms with Gasteiger partial charge in [-0.3, -0.25) is 0 Å². The predicted molar refractivity (Wildman–Crippen MR) is 69.4 cm³/mol. The lowest BCUT2D eigenvalue weighted by Crippen LogP contribution is -2.00. The van der Waals surface area contributed by atoms with Crippen LogP contribution in [0.4, 0.5) is 5.69 Å². The monoisotopic (exact) mass is 223 g/mol. The molecule has 2 N–H and O–H groups in total. The highest BCUT2D eigenvalue weighted by molar-refractivity contribution is 6.55. The zero-order chi connectivity index (χ0) is 11.3. The molecular weight excluding hydrogens is 202 g/mol. The van der Waals surface area contributed by atoms with E-state index in [1.165, 1.54) is 18.0 Å². The van der Waals surface area contributed by atoms with Gasteiger partial charge in [-0.2, -0.15) is 0 Å². The van der Waals surface area contributed by atoms with E-state index in [0.717, 1.165) is 17.9 Å². The van der Waals surface area contributed by atoms with Gasteiger partial charge >= 0.3 is 0 Å². The van der Waals surface area contributed by atoms with E-state index in [0.29, 0.717) is 0 Å². The van der Waals surface area contributed by atoms with Crippen LogP contribution in [0.25, 0.3) is 0 Å². The minimum Gasteiger partial charge on any atom is -0.495 e. The molecule has 0 aliphatic heterocycles. The lowest BCUT2D eigenvalue weighted by molar-refractivity contribution is 0.416. The lowest BCUT2D eigenvalue weighted by atomic mass is 10.1. The molecule has 84 valence electrons. The molecule has 1 aromatic rings. The summed E-state index contributed by atoms with van der Waals surface area (Å²) >= 11 is 0. The molecule has 0 aromatic heterocycles. The van der Waals surface area contributed by atoms with E-state index in [1.807, 2.05) is 6.07 Å².